The summed E-state index contributed by atoms with van der Waals surface area (Å²) in [7, 11) is 0. The molecule has 0 spiro atoms. The number of hydrogen-bond donors (Lipinski definition) is 2. The van der Waals surface area contributed by atoms with Crippen LogP contribution in [0.5, 0.6) is 0 Å². The molecule has 2 N–H and O–H groups in total. The standard InChI is InChI=1S/C34H40ClN5O4/c1-22(38-31(41)30-20-28(13-14-36-30)39-15-17-40(18-16-39)32(42)25-9-10-25)23-5-7-24(8-6-23)29-19-27(35)12-11-26(29)21-37-33(43)44-34(2,3)4/h5-8,11-14,19-20,22,25H,9-10,15-18,21H2,1-4H3,(H,37,43)(H,38,41)/t22-/m1/s1. The van der Waals surface area contributed by atoms with E-state index in [9.17, 15) is 14.4 Å². The molecule has 232 valence electrons. The first-order valence-electron chi connectivity index (χ1n) is 15.1. The smallest absolute Gasteiger partial charge is 0.407 e. The predicted molar refractivity (Wildman–Crippen MR) is 172 cm³/mol. The fourth-order valence-corrected chi connectivity index (χ4v) is 5.44. The van der Waals surface area contributed by atoms with Gasteiger partial charge in [0.2, 0.25) is 5.91 Å². The van der Waals surface area contributed by atoms with E-state index in [-0.39, 0.29) is 30.3 Å². The summed E-state index contributed by atoms with van der Waals surface area (Å²) in [5.41, 5.74) is 4.37. The highest BCUT2D eigenvalue weighted by atomic mass is 35.5. The van der Waals surface area contributed by atoms with E-state index < -0.39 is 11.7 Å². The van der Waals surface area contributed by atoms with Crippen molar-refractivity contribution >= 4 is 35.2 Å². The van der Waals surface area contributed by atoms with E-state index >= 15 is 0 Å². The Labute approximate surface area is 263 Å². The SMILES string of the molecule is C[C@@H](NC(=O)c1cc(N2CCN(C(=O)C3CC3)CC2)ccn1)c1ccc(-c2cc(Cl)ccc2CNC(=O)OC(C)(C)C)cc1. The number of aromatic nitrogens is 1. The Bertz CT molecular complexity index is 1510. The summed E-state index contributed by atoms with van der Waals surface area (Å²) in [6, 6.07) is 16.9. The van der Waals surface area contributed by atoms with Crippen LogP contribution < -0.4 is 15.5 Å². The maximum Gasteiger partial charge on any atom is 0.407 e. The van der Waals surface area contributed by atoms with Gasteiger partial charge in [0, 0.05) is 55.5 Å². The number of alkyl carbamates (subject to hydrolysis) is 1. The molecule has 1 saturated carbocycles. The van der Waals surface area contributed by atoms with Gasteiger partial charge in [0.25, 0.3) is 5.91 Å². The Hall–Kier alpha value is -4.11. The van der Waals surface area contributed by atoms with E-state index in [2.05, 4.69) is 20.5 Å². The van der Waals surface area contributed by atoms with Crippen LogP contribution in [0.4, 0.5) is 10.5 Å². The first kappa shape index (κ1) is 31.3. The highest BCUT2D eigenvalue weighted by molar-refractivity contribution is 6.30. The monoisotopic (exact) mass is 617 g/mol. The lowest BCUT2D eigenvalue weighted by molar-refractivity contribution is -0.132. The largest absolute Gasteiger partial charge is 0.444 e. The van der Waals surface area contributed by atoms with Crippen molar-refractivity contribution in [3.8, 4) is 11.1 Å². The summed E-state index contributed by atoms with van der Waals surface area (Å²) in [4.78, 5) is 46.2. The van der Waals surface area contributed by atoms with Crippen LogP contribution in [0, 0.1) is 5.92 Å². The Morgan fingerprint density at radius 1 is 1.00 bits per heavy atom. The van der Waals surface area contributed by atoms with Gasteiger partial charge in [-0.25, -0.2) is 4.79 Å². The lowest BCUT2D eigenvalue weighted by atomic mass is 9.97. The number of piperazine rings is 1. The Balaban J connectivity index is 1.20. The third kappa shape index (κ3) is 8.08. The van der Waals surface area contributed by atoms with Crippen LogP contribution in [0.1, 0.15) is 68.2 Å². The third-order valence-corrected chi connectivity index (χ3v) is 8.06. The van der Waals surface area contributed by atoms with Crippen molar-refractivity contribution in [2.75, 3.05) is 31.1 Å². The van der Waals surface area contributed by atoms with Crippen LogP contribution in [0.3, 0.4) is 0 Å². The summed E-state index contributed by atoms with van der Waals surface area (Å²) in [6.45, 7) is 10.5. The van der Waals surface area contributed by atoms with E-state index in [4.69, 9.17) is 16.3 Å². The summed E-state index contributed by atoms with van der Waals surface area (Å²) >= 11 is 6.32. The van der Waals surface area contributed by atoms with Gasteiger partial charge in [-0.1, -0.05) is 41.9 Å². The Morgan fingerprint density at radius 2 is 1.70 bits per heavy atom. The average Bonchev–Trinajstić information content (AvgIpc) is 3.85. The first-order chi connectivity index (χ1) is 21.0. The Morgan fingerprint density at radius 3 is 2.36 bits per heavy atom. The molecule has 1 atom stereocenters. The van der Waals surface area contributed by atoms with E-state index in [0.717, 1.165) is 53.9 Å². The molecule has 3 amide bonds. The summed E-state index contributed by atoms with van der Waals surface area (Å²) < 4.78 is 5.36. The molecule has 3 aromatic rings. The second kappa shape index (κ2) is 13.3. The third-order valence-electron chi connectivity index (χ3n) is 7.82. The van der Waals surface area contributed by atoms with Crippen LogP contribution in [-0.4, -0.2) is 59.6 Å². The molecule has 2 fully saturated rings. The molecule has 0 bridgehead atoms. The van der Waals surface area contributed by atoms with Crippen molar-refractivity contribution in [2.24, 2.45) is 5.92 Å². The van der Waals surface area contributed by atoms with Gasteiger partial charge >= 0.3 is 6.09 Å². The molecule has 2 aliphatic rings. The predicted octanol–water partition coefficient (Wildman–Crippen LogP) is 5.98. The quantitative estimate of drug-likeness (QED) is 0.322. The van der Waals surface area contributed by atoms with Crippen LogP contribution in [0.2, 0.25) is 5.02 Å². The average molecular weight is 618 g/mol. The molecule has 1 aliphatic heterocycles. The van der Waals surface area contributed by atoms with Gasteiger partial charge in [0.15, 0.2) is 0 Å². The second-order valence-electron chi connectivity index (χ2n) is 12.5. The minimum Gasteiger partial charge on any atom is -0.444 e. The molecule has 2 heterocycles. The van der Waals surface area contributed by atoms with Crippen LogP contribution >= 0.6 is 11.6 Å². The number of anilines is 1. The zero-order valence-corrected chi connectivity index (χ0v) is 26.5. The van der Waals surface area contributed by atoms with Crippen molar-refractivity contribution in [2.45, 2.75) is 58.7 Å². The number of rotatable bonds is 8. The van der Waals surface area contributed by atoms with E-state index in [1.54, 1.807) is 12.3 Å². The van der Waals surface area contributed by atoms with Crippen molar-refractivity contribution in [3.05, 3.63) is 82.6 Å². The minimum atomic E-state index is -0.582. The van der Waals surface area contributed by atoms with Gasteiger partial charge in [-0.2, -0.15) is 0 Å². The van der Waals surface area contributed by atoms with E-state index in [1.807, 2.05) is 81.1 Å². The molecule has 5 rings (SSSR count). The van der Waals surface area contributed by atoms with Crippen LogP contribution in [0.25, 0.3) is 11.1 Å². The lowest BCUT2D eigenvalue weighted by Crippen LogP contribution is -2.49. The minimum absolute atomic E-state index is 0.235. The molecular formula is C34H40ClN5O4. The number of hydrogen-bond acceptors (Lipinski definition) is 6. The molecule has 1 aromatic heterocycles. The van der Waals surface area contributed by atoms with Gasteiger partial charge in [-0.3, -0.25) is 14.6 Å². The number of ether oxygens (including phenoxy) is 1. The number of nitrogens with zero attached hydrogens (tertiary/aromatic N) is 3. The van der Waals surface area contributed by atoms with Gasteiger partial charge in [-0.05, 0) is 87.1 Å². The van der Waals surface area contributed by atoms with Crippen molar-refractivity contribution < 1.29 is 19.1 Å². The highest BCUT2D eigenvalue weighted by Gasteiger charge is 2.34. The lowest BCUT2D eigenvalue weighted by Gasteiger charge is -2.36. The van der Waals surface area contributed by atoms with Gasteiger partial charge < -0.3 is 25.2 Å². The molecule has 1 saturated heterocycles. The number of benzene rings is 2. The molecule has 0 radical (unpaired) electrons. The van der Waals surface area contributed by atoms with Crippen molar-refractivity contribution in [1.82, 2.24) is 20.5 Å². The van der Waals surface area contributed by atoms with Crippen molar-refractivity contribution in [3.63, 3.8) is 0 Å². The van der Waals surface area contributed by atoms with Gasteiger partial charge in [0.1, 0.15) is 11.3 Å². The maximum atomic E-state index is 13.2. The molecular weight excluding hydrogens is 578 g/mol. The summed E-state index contributed by atoms with van der Waals surface area (Å²) in [5.74, 6) is 0.263. The maximum absolute atomic E-state index is 13.2. The summed E-state index contributed by atoms with van der Waals surface area (Å²) in [5, 5.41) is 6.46. The first-order valence-corrected chi connectivity index (χ1v) is 15.5. The van der Waals surface area contributed by atoms with E-state index in [0.29, 0.717) is 23.8 Å². The Kier molecular flexibility index (Phi) is 9.44. The van der Waals surface area contributed by atoms with Gasteiger partial charge in [0.05, 0.1) is 6.04 Å². The fraction of sp³-hybridized carbons (Fsp3) is 0.412. The molecule has 9 nitrogen and oxygen atoms in total. The van der Waals surface area contributed by atoms with E-state index in [1.165, 1.54) is 0 Å². The number of nitrogens with one attached hydrogen (secondary N) is 2. The molecule has 0 unspecified atom stereocenters. The zero-order chi connectivity index (χ0) is 31.4. The summed E-state index contributed by atoms with van der Waals surface area (Å²) in [6.07, 6.45) is 3.21. The van der Waals surface area contributed by atoms with Crippen LogP contribution in [0.15, 0.2) is 60.8 Å². The number of amides is 3. The highest BCUT2D eigenvalue weighted by Crippen LogP contribution is 2.32. The topological polar surface area (TPSA) is 104 Å². The number of carbonyl (C=O) groups is 3. The second-order valence-corrected chi connectivity index (χ2v) is 12.9. The van der Waals surface area contributed by atoms with Crippen LogP contribution in [-0.2, 0) is 16.1 Å². The van der Waals surface area contributed by atoms with Gasteiger partial charge in [-0.15, -0.1) is 0 Å². The van der Waals surface area contributed by atoms with Crippen molar-refractivity contribution in [1.29, 1.82) is 0 Å². The number of carbonyl (C=O) groups excluding carboxylic acids is 3. The molecule has 1 aliphatic carbocycles. The number of pyridine rings is 1. The zero-order valence-electron chi connectivity index (χ0n) is 25.7. The molecule has 2 aromatic carbocycles. The normalized spacial score (nSPS) is 15.8. The molecule has 44 heavy (non-hydrogen) atoms. The fourth-order valence-electron chi connectivity index (χ4n) is 5.27. The number of halogens is 1. The molecule has 10 heteroatoms.